The lowest BCUT2D eigenvalue weighted by molar-refractivity contribution is -0.0691. The topological polar surface area (TPSA) is 41.9 Å². The van der Waals surface area contributed by atoms with Crippen molar-refractivity contribution in [3.63, 3.8) is 0 Å². The number of β-amino-alcohol motifs (C(OH)–C–C–N with tert-alkyl or cyclic N) is 1. The van der Waals surface area contributed by atoms with Crippen LogP contribution in [0.3, 0.4) is 0 Å². The summed E-state index contributed by atoms with van der Waals surface area (Å²) in [6, 6.07) is 3.83. The summed E-state index contributed by atoms with van der Waals surface area (Å²) in [6.07, 6.45) is 4.66. The summed E-state index contributed by atoms with van der Waals surface area (Å²) in [5.41, 5.74) is -0.839. The van der Waals surface area contributed by atoms with E-state index >= 15 is 0 Å². The zero-order valence-electron chi connectivity index (χ0n) is 17.2. The van der Waals surface area contributed by atoms with Gasteiger partial charge in [0.1, 0.15) is 18.0 Å². The van der Waals surface area contributed by atoms with Crippen LogP contribution in [0.4, 0.5) is 8.78 Å². The number of hydrogen-bond acceptors (Lipinski definition) is 4. The van der Waals surface area contributed by atoms with Crippen molar-refractivity contribution in [1.29, 1.82) is 0 Å². The molecule has 1 atom stereocenters. The van der Waals surface area contributed by atoms with Crippen molar-refractivity contribution in [3.8, 4) is 5.75 Å². The normalized spacial score (nSPS) is 30.1. The lowest BCUT2D eigenvalue weighted by Gasteiger charge is -2.42. The zero-order chi connectivity index (χ0) is 20.4. The molecule has 0 unspecified atom stereocenters. The largest absolute Gasteiger partial charge is 0.490 e. The van der Waals surface area contributed by atoms with E-state index < -0.39 is 17.2 Å². The number of aliphatic hydroxyl groups is 1. The van der Waals surface area contributed by atoms with Crippen LogP contribution >= 0.6 is 0 Å². The van der Waals surface area contributed by atoms with Gasteiger partial charge in [-0.1, -0.05) is 20.8 Å². The number of ether oxygens (including phenoxy) is 2. The van der Waals surface area contributed by atoms with Crippen molar-refractivity contribution < 1.29 is 23.4 Å². The maximum absolute atomic E-state index is 13.4. The molecule has 1 aromatic rings. The Hall–Kier alpha value is -1.24. The van der Waals surface area contributed by atoms with Crippen LogP contribution in [0, 0.1) is 23.0 Å². The molecule has 6 heteroatoms. The summed E-state index contributed by atoms with van der Waals surface area (Å²) in [4.78, 5) is 2.32. The number of hydrogen-bond donors (Lipinski definition) is 1. The molecule has 1 aromatic carbocycles. The Morgan fingerprint density at radius 1 is 1.18 bits per heavy atom. The summed E-state index contributed by atoms with van der Waals surface area (Å²) >= 11 is 0. The van der Waals surface area contributed by atoms with Crippen molar-refractivity contribution in [2.45, 2.75) is 58.1 Å². The first-order valence-electron chi connectivity index (χ1n) is 10.3. The molecule has 0 amide bonds. The Morgan fingerprint density at radius 2 is 1.89 bits per heavy atom. The highest BCUT2D eigenvalue weighted by Gasteiger charge is 2.38. The van der Waals surface area contributed by atoms with Gasteiger partial charge in [-0.05, 0) is 49.1 Å². The van der Waals surface area contributed by atoms with E-state index in [0.717, 1.165) is 37.4 Å². The van der Waals surface area contributed by atoms with Crippen molar-refractivity contribution in [2.24, 2.45) is 11.3 Å². The van der Waals surface area contributed by atoms with E-state index in [4.69, 9.17) is 9.47 Å². The smallest absolute Gasteiger partial charge is 0.162 e. The molecule has 1 aliphatic heterocycles. The Balaban J connectivity index is 1.59. The third-order valence-corrected chi connectivity index (χ3v) is 6.23. The minimum Gasteiger partial charge on any atom is -0.490 e. The fourth-order valence-electron chi connectivity index (χ4n) is 4.44. The number of nitrogens with zero attached hydrogens (tertiary/aromatic N) is 1. The number of rotatable bonds is 4. The van der Waals surface area contributed by atoms with E-state index in [0.29, 0.717) is 24.6 Å². The van der Waals surface area contributed by atoms with Gasteiger partial charge in [-0.3, -0.25) is 4.90 Å². The monoisotopic (exact) mass is 397 g/mol. The molecule has 4 nitrogen and oxygen atoms in total. The first-order chi connectivity index (χ1) is 13.2. The Bertz CT molecular complexity index is 656. The Morgan fingerprint density at radius 3 is 2.54 bits per heavy atom. The summed E-state index contributed by atoms with van der Waals surface area (Å²) in [6.45, 7) is 8.91. The van der Waals surface area contributed by atoms with Gasteiger partial charge in [0.05, 0.1) is 13.2 Å². The highest BCUT2D eigenvalue weighted by molar-refractivity contribution is 5.23. The van der Waals surface area contributed by atoms with E-state index in [2.05, 4.69) is 25.7 Å². The van der Waals surface area contributed by atoms with Gasteiger partial charge in [0.2, 0.25) is 0 Å². The fraction of sp³-hybridized carbons (Fsp3) is 0.727. The molecular weight excluding hydrogens is 364 g/mol. The molecule has 3 rings (SSSR count). The lowest BCUT2D eigenvalue weighted by Crippen LogP contribution is -2.52. The maximum Gasteiger partial charge on any atom is 0.162 e. The standard InChI is InChI=1S/C22H33F2NO3/c1-21(2,3)16-4-6-17(7-5-16)25-10-11-27-14-22(26,13-25)15-28-18-8-9-19(23)20(24)12-18/h8-9,12,16-17,26H,4-7,10-11,13-15H2,1-3H3/t16?,17?,22-/m0/s1. The molecular formula is C22H33F2NO3. The second-order valence-electron chi connectivity index (χ2n) is 9.48. The van der Waals surface area contributed by atoms with Gasteiger partial charge < -0.3 is 14.6 Å². The molecule has 0 radical (unpaired) electrons. The van der Waals surface area contributed by atoms with Crippen LogP contribution in [0.25, 0.3) is 0 Å². The third kappa shape index (κ3) is 5.43. The summed E-state index contributed by atoms with van der Waals surface area (Å²) < 4.78 is 37.7. The minimum atomic E-state index is -1.18. The van der Waals surface area contributed by atoms with Crippen LogP contribution in [0.1, 0.15) is 46.5 Å². The average molecular weight is 398 g/mol. The molecule has 0 spiro atoms. The van der Waals surface area contributed by atoms with Crippen molar-refractivity contribution in [2.75, 3.05) is 32.9 Å². The van der Waals surface area contributed by atoms with Gasteiger partial charge in [0.25, 0.3) is 0 Å². The average Bonchev–Trinajstić information content (AvgIpc) is 2.84. The highest BCUT2D eigenvalue weighted by atomic mass is 19.2. The quantitative estimate of drug-likeness (QED) is 0.834. The van der Waals surface area contributed by atoms with E-state index in [-0.39, 0.29) is 19.0 Å². The minimum absolute atomic E-state index is 0.0219. The van der Waals surface area contributed by atoms with E-state index in [9.17, 15) is 13.9 Å². The zero-order valence-corrected chi connectivity index (χ0v) is 17.2. The molecule has 0 bridgehead atoms. The van der Waals surface area contributed by atoms with Crippen LogP contribution in [0.2, 0.25) is 0 Å². The Kier molecular flexibility index (Phi) is 6.62. The molecule has 2 aliphatic rings. The molecule has 1 N–H and O–H groups in total. The predicted octanol–water partition coefficient (Wildman–Crippen LogP) is 4.01. The van der Waals surface area contributed by atoms with Crippen molar-refractivity contribution in [3.05, 3.63) is 29.8 Å². The van der Waals surface area contributed by atoms with Crippen LogP contribution < -0.4 is 4.74 Å². The summed E-state index contributed by atoms with van der Waals surface area (Å²) in [5.74, 6) is -0.934. The predicted molar refractivity (Wildman–Crippen MR) is 104 cm³/mol. The van der Waals surface area contributed by atoms with E-state index in [1.807, 2.05) is 0 Å². The molecule has 1 saturated carbocycles. The van der Waals surface area contributed by atoms with E-state index in [1.54, 1.807) is 0 Å². The number of halogens is 2. The molecule has 2 fully saturated rings. The molecule has 1 saturated heterocycles. The lowest BCUT2D eigenvalue weighted by atomic mass is 9.71. The Labute approximate surface area is 166 Å². The van der Waals surface area contributed by atoms with Crippen molar-refractivity contribution >= 4 is 0 Å². The highest BCUT2D eigenvalue weighted by Crippen LogP contribution is 2.39. The second-order valence-corrected chi connectivity index (χ2v) is 9.48. The summed E-state index contributed by atoms with van der Waals surface area (Å²) in [5, 5.41) is 11.1. The van der Waals surface area contributed by atoms with Crippen molar-refractivity contribution in [1.82, 2.24) is 4.90 Å². The van der Waals surface area contributed by atoms with Gasteiger partial charge in [-0.25, -0.2) is 8.78 Å². The fourth-order valence-corrected chi connectivity index (χ4v) is 4.44. The van der Waals surface area contributed by atoms with Crippen LogP contribution in [0.15, 0.2) is 18.2 Å². The molecule has 28 heavy (non-hydrogen) atoms. The van der Waals surface area contributed by atoms with Crippen LogP contribution in [-0.2, 0) is 4.74 Å². The third-order valence-electron chi connectivity index (χ3n) is 6.23. The second kappa shape index (κ2) is 8.64. The van der Waals surface area contributed by atoms with E-state index in [1.165, 1.54) is 18.9 Å². The number of benzene rings is 1. The first kappa shape index (κ1) is 21.5. The SMILES string of the molecule is CC(C)(C)C1CCC(N2CCOC[C@](O)(COc3ccc(F)c(F)c3)C2)CC1. The van der Waals surface area contributed by atoms with Gasteiger partial charge in [0, 0.05) is 25.2 Å². The van der Waals surface area contributed by atoms with Gasteiger partial charge in [-0.2, -0.15) is 0 Å². The van der Waals surface area contributed by atoms with Gasteiger partial charge >= 0.3 is 0 Å². The molecule has 158 valence electrons. The first-order valence-corrected chi connectivity index (χ1v) is 10.3. The molecule has 0 aromatic heterocycles. The van der Waals surface area contributed by atoms with Crippen LogP contribution in [-0.4, -0.2) is 54.6 Å². The molecule has 1 aliphatic carbocycles. The molecule has 1 heterocycles. The van der Waals surface area contributed by atoms with Gasteiger partial charge in [-0.15, -0.1) is 0 Å². The van der Waals surface area contributed by atoms with Crippen LogP contribution in [0.5, 0.6) is 5.75 Å². The maximum atomic E-state index is 13.4. The summed E-state index contributed by atoms with van der Waals surface area (Å²) in [7, 11) is 0. The van der Waals surface area contributed by atoms with Gasteiger partial charge in [0.15, 0.2) is 11.6 Å².